The fourth-order valence-electron chi connectivity index (χ4n) is 2.42. The van der Waals surface area contributed by atoms with Crippen LogP contribution in [-0.2, 0) is 0 Å². The third-order valence-corrected chi connectivity index (χ3v) is 3.37. The van der Waals surface area contributed by atoms with Crippen LogP contribution < -0.4 is 15.1 Å². The molecule has 1 aromatic rings. The van der Waals surface area contributed by atoms with Gasteiger partial charge in [0, 0.05) is 46.3 Å². The van der Waals surface area contributed by atoms with Gasteiger partial charge in [-0.3, -0.25) is 0 Å². The third-order valence-electron chi connectivity index (χ3n) is 3.37. The number of anilines is 2. The SMILES string of the molecule is Cc1nc(N(C)C)cc(N2CCNCC(C)(C)C2)n1. The number of rotatable bonds is 2. The average Bonchev–Trinajstić information content (AvgIpc) is 2.49. The van der Waals surface area contributed by atoms with Crippen molar-refractivity contribution >= 4 is 11.6 Å². The number of hydrogen-bond donors (Lipinski definition) is 1. The molecule has 0 unspecified atom stereocenters. The Bertz CT molecular complexity index is 441. The summed E-state index contributed by atoms with van der Waals surface area (Å²) in [6.07, 6.45) is 0. The van der Waals surface area contributed by atoms with E-state index in [4.69, 9.17) is 0 Å². The lowest BCUT2D eigenvalue weighted by atomic mass is 9.93. The predicted molar refractivity (Wildman–Crippen MR) is 80.0 cm³/mol. The number of nitrogens with one attached hydrogen (secondary N) is 1. The summed E-state index contributed by atoms with van der Waals surface area (Å²) in [6, 6.07) is 2.08. The van der Waals surface area contributed by atoms with Crippen LogP contribution in [0.25, 0.3) is 0 Å². The molecule has 0 aromatic carbocycles. The maximum absolute atomic E-state index is 4.61. The summed E-state index contributed by atoms with van der Waals surface area (Å²) < 4.78 is 0. The first-order valence-electron chi connectivity index (χ1n) is 6.86. The van der Waals surface area contributed by atoms with E-state index in [0.29, 0.717) is 0 Å². The summed E-state index contributed by atoms with van der Waals surface area (Å²) in [4.78, 5) is 13.5. The summed E-state index contributed by atoms with van der Waals surface area (Å²) in [5, 5.41) is 3.49. The zero-order valence-corrected chi connectivity index (χ0v) is 12.7. The van der Waals surface area contributed by atoms with Crippen LogP contribution in [0.5, 0.6) is 0 Å². The van der Waals surface area contributed by atoms with Crippen LogP contribution in [0.2, 0.25) is 0 Å². The Hall–Kier alpha value is -1.36. The van der Waals surface area contributed by atoms with Gasteiger partial charge in [-0.1, -0.05) is 13.8 Å². The minimum absolute atomic E-state index is 0.258. The first-order chi connectivity index (χ1) is 8.87. The maximum Gasteiger partial charge on any atom is 0.134 e. The van der Waals surface area contributed by atoms with Crippen molar-refractivity contribution in [1.29, 1.82) is 0 Å². The molecule has 1 N–H and O–H groups in total. The van der Waals surface area contributed by atoms with Gasteiger partial charge in [0.25, 0.3) is 0 Å². The fourth-order valence-corrected chi connectivity index (χ4v) is 2.42. The van der Waals surface area contributed by atoms with E-state index in [2.05, 4.69) is 40.1 Å². The Kier molecular flexibility index (Phi) is 3.94. The molecule has 2 heterocycles. The van der Waals surface area contributed by atoms with Gasteiger partial charge in [-0.05, 0) is 12.3 Å². The topological polar surface area (TPSA) is 44.3 Å². The fraction of sp³-hybridized carbons (Fsp3) is 0.714. The van der Waals surface area contributed by atoms with Gasteiger partial charge in [0.1, 0.15) is 17.5 Å². The first kappa shape index (κ1) is 14.1. The van der Waals surface area contributed by atoms with E-state index in [9.17, 15) is 0 Å². The van der Waals surface area contributed by atoms with Crippen molar-refractivity contribution in [1.82, 2.24) is 15.3 Å². The standard InChI is InChI=1S/C14H25N5/c1-11-16-12(18(4)5)8-13(17-11)19-7-6-15-9-14(2,3)10-19/h8,15H,6-7,9-10H2,1-5H3. The Morgan fingerprint density at radius 3 is 2.74 bits per heavy atom. The molecule has 5 nitrogen and oxygen atoms in total. The van der Waals surface area contributed by atoms with Crippen LogP contribution in [0.15, 0.2) is 6.07 Å². The van der Waals surface area contributed by atoms with Gasteiger partial charge in [0.15, 0.2) is 0 Å². The molecule has 0 radical (unpaired) electrons. The monoisotopic (exact) mass is 263 g/mol. The van der Waals surface area contributed by atoms with Crippen LogP contribution in [0, 0.1) is 12.3 Å². The van der Waals surface area contributed by atoms with Gasteiger partial charge in [0.05, 0.1) is 0 Å². The highest BCUT2D eigenvalue weighted by atomic mass is 15.2. The Morgan fingerprint density at radius 2 is 2.05 bits per heavy atom. The van der Waals surface area contributed by atoms with E-state index in [1.165, 1.54) is 0 Å². The van der Waals surface area contributed by atoms with Crippen molar-refractivity contribution in [2.24, 2.45) is 5.41 Å². The van der Waals surface area contributed by atoms with Crippen LogP contribution in [0.4, 0.5) is 11.6 Å². The summed E-state index contributed by atoms with van der Waals surface area (Å²) in [6.45, 7) is 10.6. The molecule has 1 aliphatic rings. The second-order valence-electron chi connectivity index (χ2n) is 6.29. The Balaban J connectivity index is 2.29. The maximum atomic E-state index is 4.61. The van der Waals surface area contributed by atoms with E-state index >= 15 is 0 Å². The van der Waals surface area contributed by atoms with E-state index < -0.39 is 0 Å². The van der Waals surface area contributed by atoms with Gasteiger partial charge in [0.2, 0.25) is 0 Å². The molecule has 0 spiro atoms. The van der Waals surface area contributed by atoms with Crippen LogP contribution in [0.1, 0.15) is 19.7 Å². The van der Waals surface area contributed by atoms with Crippen LogP contribution in [0.3, 0.4) is 0 Å². The second-order valence-corrected chi connectivity index (χ2v) is 6.29. The number of aromatic nitrogens is 2. The smallest absolute Gasteiger partial charge is 0.134 e. The molecule has 0 aliphatic carbocycles. The molecular formula is C14H25N5. The van der Waals surface area contributed by atoms with E-state index in [1.807, 2.05) is 25.9 Å². The zero-order chi connectivity index (χ0) is 14.0. The zero-order valence-electron chi connectivity index (χ0n) is 12.7. The molecule has 2 rings (SSSR count). The van der Waals surface area contributed by atoms with Crippen molar-refractivity contribution in [3.8, 4) is 0 Å². The number of aryl methyl sites for hydroxylation is 1. The quantitative estimate of drug-likeness (QED) is 0.871. The minimum atomic E-state index is 0.258. The average molecular weight is 263 g/mol. The van der Waals surface area contributed by atoms with Crippen molar-refractivity contribution < 1.29 is 0 Å². The molecule has 1 aromatic heterocycles. The molecule has 1 aliphatic heterocycles. The van der Waals surface area contributed by atoms with Gasteiger partial charge >= 0.3 is 0 Å². The molecule has 0 bridgehead atoms. The molecule has 19 heavy (non-hydrogen) atoms. The first-order valence-corrected chi connectivity index (χ1v) is 6.86. The lowest BCUT2D eigenvalue weighted by Gasteiger charge is -2.30. The number of hydrogen-bond acceptors (Lipinski definition) is 5. The third kappa shape index (κ3) is 3.56. The molecule has 0 saturated carbocycles. The number of nitrogens with zero attached hydrogens (tertiary/aromatic N) is 4. The van der Waals surface area contributed by atoms with Gasteiger partial charge in [-0.2, -0.15) is 0 Å². The Labute approximate surface area is 116 Å². The minimum Gasteiger partial charge on any atom is -0.363 e. The molecular weight excluding hydrogens is 238 g/mol. The van der Waals surface area contributed by atoms with Crippen molar-refractivity contribution in [2.75, 3.05) is 50.1 Å². The summed E-state index contributed by atoms with van der Waals surface area (Å²) >= 11 is 0. The van der Waals surface area contributed by atoms with Crippen molar-refractivity contribution in [3.05, 3.63) is 11.9 Å². The van der Waals surface area contributed by atoms with Gasteiger partial charge < -0.3 is 15.1 Å². The van der Waals surface area contributed by atoms with Gasteiger partial charge in [-0.15, -0.1) is 0 Å². The Morgan fingerprint density at radius 1 is 1.32 bits per heavy atom. The van der Waals surface area contributed by atoms with E-state index in [1.54, 1.807) is 0 Å². The van der Waals surface area contributed by atoms with Crippen LogP contribution in [-0.4, -0.2) is 50.2 Å². The highest BCUT2D eigenvalue weighted by molar-refractivity contribution is 5.50. The summed E-state index contributed by atoms with van der Waals surface area (Å²) in [5.41, 5.74) is 0.258. The predicted octanol–water partition coefficient (Wildman–Crippen LogP) is 1.29. The molecule has 1 saturated heterocycles. The normalized spacial score (nSPS) is 19.1. The molecule has 0 atom stereocenters. The van der Waals surface area contributed by atoms with Crippen molar-refractivity contribution in [2.45, 2.75) is 20.8 Å². The lowest BCUT2D eigenvalue weighted by molar-refractivity contribution is 0.370. The molecule has 5 heteroatoms. The van der Waals surface area contributed by atoms with Gasteiger partial charge in [-0.25, -0.2) is 9.97 Å². The van der Waals surface area contributed by atoms with E-state index in [-0.39, 0.29) is 5.41 Å². The lowest BCUT2D eigenvalue weighted by Crippen LogP contribution is -2.35. The van der Waals surface area contributed by atoms with E-state index in [0.717, 1.165) is 43.6 Å². The second kappa shape index (κ2) is 5.33. The largest absolute Gasteiger partial charge is 0.363 e. The summed E-state index contributed by atoms with van der Waals surface area (Å²) in [5.74, 6) is 2.83. The molecule has 1 fully saturated rings. The summed E-state index contributed by atoms with van der Waals surface area (Å²) in [7, 11) is 4.03. The molecule has 0 amide bonds. The highest BCUT2D eigenvalue weighted by Crippen LogP contribution is 2.24. The van der Waals surface area contributed by atoms with Crippen LogP contribution >= 0.6 is 0 Å². The highest BCUT2D eigenvalue weighted by Gasteiger charge is 2.25. The molecule has 106 valence electrons. The van der Waals surface area contributed by atoms with Crippen molar-refractivity contribution in [3.63, 3.8) is 0 Å².